The number of ether oxygens (including phenoxy) is 6. The van der Waals surface area contributed by atoms with Crippen LogP contribution in [0.2, 0.25) is 10.0 Å². The number of halogens is 2. The second kappa shape index (κ2) is 24.1. The summed E-state index contributed by atoms with van der Waals surface area (Å²) >= 11 is 11.9. The summed E-state index contributed by atoms with van der Waals surface area (Å²) in [6.45, 7) is 3.10. The number of hydrogen-bond acceptors (Lipinski definition) is 22. The molecule has 8 aromatic heterocycles. The van der Waals surface area contributed by atoms with Gasteiger partial charge in [-0.25, -0.2) is 16.8 Å². The molecule has 4 atom stereocenters. The quantitative estimate of drug-likeness (QED) is 0.0877. The van der Waals surface area contributed by atoms with Crippen LogP contribution in [0.3, 0.4) is 0 Å². The Morgan fingerprint density at radius 3 is 1.15 bits per heavy atom. The van der Waals surface area contributed by atoms with E-state index in [0.717, 1.165) is 0 Å². The third-order valence-corrected chi connectivity index (χ3v) is 15.8. The molecule has 28 heteroatoms. The van der Waals surface area contributed by atoms with Crippen molar-refractivity contribution in [3.8, 4) is 57.7 Å². The van der Waals surface area contributed by atoms with Gasteiger partial charge in [-0.05, 0) is 62.4 Å². The van der Waals surface area contributed by atoms with Crippen molar-refractivity contribution in [2.75, 3.05) is 42.7 Å². The van der Waals surface area contributed by atoms with Crippen LogP contribution < -0.4 is 18.9 Å². The van der Waals surface area contributed by atoms with Crippen LogP contribution in [0, 0.1) is 0 Å². The van der Waals surface area contributed by atoms with Crippen LogP contribution in [0.5, 0.6) is 23.5 Å². The zero-order valence-electron chi connectivity index (χ0n) is 40.9. The Balaban J connectivity index is 0.000000216. The second-order valence-corrected chi connectivity index (χ2v) is 21.2. The average Bonchev–Trinajstić information content (AvgIpc) is 4.03. The molecule has 0 saturated carbocycles. The van der Waals surface area contributed by atoms with Gasteiger partial charge in [-0.1, -0.05) is 23.2 Å². The number of methoxy groups -OCH3 is 6. The summed E-state index contributed by atoms with van der Waals surface area (Å²) < 4.78 is 90.5. The van der Waals surface area contributed by atoms with Crippen LogP contribution in [0.25, 0.3) is 34.2 Å². The lowest BCUT2D eigenvalue weighted by molar-refractivity contribution is 0.0986. The topological polar surface area (TPSA) is 288 Å². The minimum atomic E-state index is -3.88. The third kappa shape index (κ3) is 11.8. The number of hydrogen-bond donors (Lipinski definition) is 0. The van der Waals surface area contributed by atoms with Crippen LogP contribution in [-0.2, 0) is 40.7 Å². The summed E-state index contributed by atoms with van der Waals surface area (Å²) in [7, 11) is 0.809. The smallest absolute Gasteiger partial charge is 0.245 e. The normalized spacial score (nSPS) is 13.2. The van der Waals surface area contributed by atoms with E-state index in [1.165, 1.54) is 76.8 Å². The molecule has 0 aliphatic rings. The van der Waals surface area contributed by atoms with E-state index >= 15 is 0 Å². The molecular weight excluding hydrogens is 1040 g/mol. The maximum Gasteiger partial charge on any atom is 0.245 e. The lowest BCUT2D eigenvalue weighted by atomic mass is 10.2. The minimum Gasteiger partial charge on any atom is -0.479 e. The fraction of sp³-hybridized carbons (Fsp3) is 0.304. The van der Waals surface area contributed by atoms with Gasteiger partial charge >= 0.3 is 0 Å². The predicted octanol–water partition coefficient (Wildman–Crippen LogP) is 5.75. The molecule has 8 rings (SSSR count). The highest BCUT2D eigenvalue weighted by molar-refractivity contribution is 7.91. The molecule has 0 spiro atoms. The molecule has 0 fully saturated rings. The van der Waals surface area contributed by atoms with E-state index in [-0.39, 0.29) is 46.5 Å². The first-order valence-corrected chi connectivity index (χ1v) is 26.1. The fourth-order valence-electron chi connectivity index (χ4n) is 7.55. The number of rotatable bonds is 20. The van der Waals surface area contributed by atoms with Gasteiger partial charge in [0.1, 0.15) is 36.4 Å². The van der Waals surface area contributed by atoms with Gasteiger partial charge in [0.25, 0.3) is 0 Å². The zero-order valence-corrected chi connectivity index (χ0v) is 44.0. The van der Waals surface area contributed by atoms with Crippen molar-refractivity contribution >= 4 is 42.9 Å². The monoisotopic (exact) mass is 1090 g/mol. The van der Waals surface area contributed by atoms with Gasteiger partial charge in [-0.15, -0.1) is 20.4 Å². The summed E-state index contributed by atoms with van der Waals surface area (Å²) in [5.74, 6) is 0.387. The Bertz CT molecular complexity index is 3110. The molecule has 0 aromatic carbocycles. The van der Waals surface area contributed by atoms with Crippen LogP contribution >= 0.6 is 23.2 Å². The van der Waals surface area contributed by atoms with Gasteiger partial charge in [-0.3, -0.25) is 29.1 Å². The van der Waals surface area contributed by atoms with Gasteiger partial charge in [0.05, 0.1) is 60.4 Å². The molecular formula is C46H48Cl2N14O10S2. The molecule has 0 saturated heterocycles. The van der Waals surface area contributed by atoms with Gasteiger partial charge < -0.3 is 28.4 Å². The molecule has 0 N–H and O–H groups in total. The maximum atomic E-state index is 13.7. The molecule has 8 heterocycles. The Kier molecular flexibility index (Phi) is 17.7. The summed E-state index contributed by atoms with van der Waals surface area (Å²) in [5, 5.41) is 15.9. The molecule has 24 nitrogen and oxygen atoms in total. The van der Waals surface area contributed by atoms with E-state index in [1.54, 1.807) is 87.2 Å². The highest BCUT2D eigenvalue weighted by Gasteiger charge is 2.37. The van der Waals surface area contributed by atoms with Crippen molar-refractivity contribution in [3.05, 3.63) is 131 Å². The van der Waals surface area contributed by atoms with Crippen molar-refractivity contribution in [1.29, 1.82) is 0 Å². The van der Waals surface area contributed by atoms with E-state index in [4.69, 9.17) is 51.6 Å². The Morgan fingerprint density at radius 1 is 0.500 bits per heavy atom. The number of pyridine rings is 4. The number of nitrogens with zero attached hydrogens (tertiary/aromatic N) is 14. The first-order chi connectivity index (χ1) is 35.6. The van der Waals surface area contributed by atoms with Gasteiger partial charge in [0.15, 0.2) is 54.3 Å². The van der Waals surface area contributed by atoms with Crippen molar-refractivity contribution in [1.82, 2.24) is 69.4 Å². The van der Waals surface area contributed by atoms with Crippen LogP contribution in [-0.4, -0.2) is 139 Å². The molecule has 0 bridgehead atoms. The molecule has 0 unspecified atom stereocenters. The summed E-state index contributed by atoms with van der Waals surface area (Å²) in [6, 6.07) is 13.5. The third-order valence-electron chi connectivity index (χ3n) is 11.3. The van der Waals surface area contributed by atoms with Crippen LogP contribution in [0.15, 0.2) is 98.4 Å². The van der Waals surface area contributed by atoms with E-state index < -0.39 is 53.9 Å². The molecule has 0 radical (unpaired) electrons. The maximum absolute atomic E-state index is 13.7. The van der Waals surface area contributed by atoms with Crippen molar-refractivity contribution in [2.24, 2.45) is 0 Å². The highest BCUT2D eigenvalue weighted by atomic mass is 35.5. The average molecular weight is 1090 g/mol. The Morgan fingerprint density at radius 2 is 0.865 bits per heavy atom. The fourth-order valence-corrected chi connectivity index (χ4v) is 10.6. The van der Waals surface area contributed by atoms with Crippen molar-refractivity contribution in [2.45, 2.75) is 48.1 Å². The Labute approximate surface area is 435 Å². The summed E-state index contributed by atoms with van der Waals surface area (Å²) in [5.41, 5.74) is 2.52. The molecule has 0 aliphatic heterocycles. The summed E-state index contributed by atoms with van der Waals surface area (Å²) in [6.07, 6.45) is 10.1. The zero-order chi connectivity index (χ0) is 53.2. The SMILES string of the molecule is COc1ncnc(OC)c1-n1c(CS(=O)(=O)[C@@H](C)[C@H](OC)c2ccc(Cl)cn2)nnc1-c1cccnc1.COc1ncnc(OC)c1-n1c(CS(=O)(=O)[C@H](C)[C@@H](OC)c2ccc(Cl)cn2)nnc1-c1cccnc1. The second-order valence-electron chi connectivity index (χ2n) is 15.7. The van der Waals surface area contributed by atoms with E-state index in [1.807, 2.05) is 0 Å². The first kappa shape index (κ1) is 54.4. The standard InChI is InChI=1S/2C23H24ClN7O5S/c2*1-14(20(34-2)17-8-7-16(24)11-26-17)37(32,33)12-18-29-30-21(15-6-5-9-25-10-15)31(18)19-22(35-3)27-13-28-23(19)36-4/h2*5-11,13-14,20H,12H2,1-4H3/t2*14-,20-/m10/s1. The first-order valence-electron chi connectivity index (χ1n) is 21.9. The molecule has 8 aromatic rings. The van der Waals surface area contributed by atoms with Gasteiger partial charge in [0, 0.05) is 62.5 Å². The Hall–Kier alpha value is -7.36. The molecule has 74 heavy (non-hydrogen) atoms. The van der Waals surface area contributed by atoms with E-state index in [9.17, 15) is 16.8 Å². The lowest BCUT2D eigenvalue weighted by Crippen LogP contribution is -2.29. The number of aromatic nitrogens is 14. The van der Waals surface area contributed by atoms with Crippen LogP contribution in [0.4, 0.5) is 0 Å². The summed E-state index contributed by atoms with van der Waals surface area (Å²) in [4.78, 5) is 33.4. The van der Waals surface area contributed by atoms with E-state index in [0.29, 0.717) is 44.2 Å². The lowest BCUT2D eigenvalue weighted by Gasteiger charge is -2.22. The molecule has 0 amide bonds. The van der Waals surface area contributed by atoms with Gasteiger partial charge in [0.2, 0.25) is 23.5 Å². The predicted molar refractivity (Wildman–Crippen MR) is 269 cm³/mol. The van der Waals surface area contributed by atoms with Crippen molar-refractivity contribution in [3.63, 3.8) is 0 Å². The molecule has 0 aliphatic carbocycles. The largest absolute Gasteiger partial charge is 0.479 e. The minimum absolute atomic E-state index is 0.0935. The molecule has 388 valence electrons. The van der Waals surface area contributed by atoms with Crippen molar-refractivity contribution < 1.29 is 45.3 Å². The van der Waals surface area contributed by atoms with Crippen LogP contribution in [0.1, 0.15) is 49.1 Å². The van der Waals surface area contributed by atoms with E-state index in [2.05, 4.69) is 60.3 Å². The highest BCUT2D eigenvalue weighted by Crippen LogP contribution is 2.37. The van der Waals surface area contributed by atoms with Gasteiger partial charge in [-0.2, -0.15) is 19.9 Å². The number of sulfone groups is 2.